The molecule has 1 N–H and O–H groups in total. The number of benzene rings is 2. The van der Waals surface area contributed by atoms with Gasteiger partial charge in [0.2, 0.25) is 0 Å². The minimum Gasteiger partial charge on any atom is -0.476 e. The molecule has 0 aliphatic rings. The average molecular weight is 344 g/mol. The Bertz CT molecular complexity index is 800. The Morgan fingerprint density at radius 2 is 1.90 bits per heavy atom. The Kier molecular flexibility index (Phi) is 3.53. The van der Waals surface area contributed by atoms with Gasteiger partial charge in [0.25, 0.3) is 0 Å². The summed E-state index contributed by atoms with van der Waals surface area (Å²) in [5.74, 6) is -1.07. The number of nitrogens with zero attached hydrogens (tertiary/aromatic N) is 3. The van der Waals surface area contributed by atoms with Gasteiger partial charge in [-0.2, -0.15) is 0 Å². The lowest BCUT2D eigenvalue weighted by atomic mass is 10.1. The topological polar surface area (TPSA) is 68.0 Å². The summed E-state index contributed by atoms with van der Waals surface area (Å²) in [6.45, 7) is 0. The molecule has 0 spiro atoms. The highest BCUT2D eigenvalue weighted by molar-refractivity contribution is 9.10. The van der Waals surface area contributed by atoms with Crippen molar-refractivity contribution in [2.24, 2.45) is 0 Å². The maximum Gasteiger partial charge on any atom is 0.356 e. The second kappa shape index (κ2) is 5.49. The average Bonchev–Trinajstić information content (AvgIpc) is 2.97. The van der Waals surface area contributed by atoms with Crippen LogP contribution in [-0.4, -0.2) is 26.1 Å². The van der Waals surface area contributed by atoms with Crippen molar-refractivity contribution in [3.05, 3.63) is 64.9 Å². The van der Waals surface area contributed by atoms with E-state index in [1.54, 1.807) is 0 Å². The third-order valence-corrected chi connectivity index (χ3v) is 3.71. The number of carboxylic acids is 1. The molecule has 0 aliphatic heterocycles. The molecule has 0 atom stereocenters. The Hall–Kier alpha value is -2.47. The normalized spacial score (nSPS) is 10.5. The molecule has 104 valence electrons. The minimum atomic E-state index is -1.07. The molecule has 0 amide bonds. The second-order valence-corrected chi connectivity index (χ2v) is 5.22. The number of carboxylic acid groups (broad SMARTS) is 1. The number of rotatable bonds is 3. The van der Waals surface area contributed by atoms with Crippen LogP contribution in [0.5, 0.6) is 0 Å². The summed E-state index contributed by atoms with van der Waals surface area (Å²) in [7, 11) is 0. The van der Waals surface area contributed by atoms with Gasteiger partial charge < -0.3 is 5.11 Å². The van der Waals surface area contributed by atoms with Crippen LogP contribution >= 0.6 is 15.9 Å². The molecule has 3 aromatic rings. The van der Waals surface area contributed by atoms with Crippen LogP contribution in [0.4, 0.5) is 0 Å². The van der Waals surface area contributed by atoms with E-state index in [9.17, 15) is 4.79 Å². The van der Waals surface area contributed by atoms with E-state index in [0.717, 1.165) is 15.6 Å². The summed E-state index contributed by atoms with van der Waals surface area (Å²) >= 11 is 3.52. The molecule has 0 aliphatic carbocycles. The van der Waals surface area contributed by atoms with Crippen molar-refractivity contribution in [3.63, 3.8) is 0 Å². The lowest BCUT2D eigenvalue weighted by molar-refractivity contribution is 0.0687. The summed E-state index contributed by atoms with van der Waals surface area (Å²) in [5.41, 5.74) is 2.76. The van der Waals surface area contributed by atoms with Crippen molar-refractivity contribution in [1.82, 2.24) is 15.0 Å². The summed E-state index contributed by atoms with van der Waals surface area (Å²) < 4.78 is 2.15. The summed E-state index contributed by atoms with van der Waals surface area (Å²) in [6, 6.07) is 15.5. The van der Waals surface area contributed by atoms with Crippen molar-refractivity contribution in [3.8, 4) is 16.8 Å². The van der Waals surface area contributed by atoms with Gasteiger partial charge >= 0.3 is 5.97 Å². The second-order valence-electron chi connectivity index (χ2n) is 4.37. The van der Waals surface area contributed by atoms with Crippen molar-refractivity contribution in [2.45, 2.75) is 0 Å². The molecular formula is C15H10BrN3O2. The predicted octanol–water partition coefficient (Wildman–Crippen LogP) is 3.40. The van der Waals surface area contributed by atoms with Gasteiger partial charge in [0.15, 0.2) is 5.69 Å². The summed E-state index contributed by atoms with van der Waals surface area (Å²) in [5, 5.41) is 16.6. The van der Waals surface area contributed by atoms with Crippen LogP contribution in [0.2, 0.25) is 0 Å². The van der Waals surface area contributed by atoms with Crippen LogP contribution in [0, 0.1) is 0 Å². The number of hydrogen-bond donors (Lipinski definition) is 1. The first-order valence-corrected chi connectivity index (χ1v) is 6.95. The first-order valence-electron chi connectivity index (χ1n) is 6.16. The molecule has 0 bridgehead atoms. The molecule has 5 nitrogen and oxygen atoms in total. The molecule has 1 heterocycles. The largest absolute Gasteiger partial charge is 0.476 e. The van der Waals surface area contributed by atoms with E-state index < -0.39 is 5.97 Å². The third kappa shape index (κ3) is 2.57. The van der Waals surface area contributed by atoms with E-state index in [0.29, 0.717) is 5.69 Å². The molecular weight excluding hydrogens is 334 g/mol. The zero-order valence-electron chi connectivity index (χ0n) is 10.8. The van der Waals surface area contributed by atoms with Crippen LogP contribution in [0.15, 0.2) is 59.2 Å². The van der Waals surface area contributed by atoms with E-state index in [4.69, 9.17) is 5.11 Å². The molecule has 6 heteroatoms. The first kappa shape index (κ1) is 13.5. The predicted molar refractivity (Wildman–Crippen MR) is 81.5 cm³/mol. The van der Waals surface area contributed by atoms with Crippen molar-refractivity contribution in [2.75, 3.05) is 0 Å². The first-order chi connectivity index (χ1) is 10.2. The zero-order chi connectivity index (χ0) is 14.8. The van der Waals surface area contributed by atoms with Crippen LogP contribution in [0.3, 0.4) is 0 Å². The highest BCUT2D eigenvalue weighted by Crippen LogP contribution is 2.30. The van der Waals surface area contributed by atoms with Crippen molar-refractivity contribution < 1.29 is 9.90 Å². The molecule has 2 aromatic carbocycles. The van der Waals surface area contributed by atoms with E-state index >= 15 is 0 Å². The number of halogens is 1. The molecule has 0 radical (unpaired) electrons. The van der Waals surface area contributed by atoms with E-state index in [1.165, 1.54) is 10.9 Å². The SMILES string of the molecule is O=C(O)c1cnnn1-c1ccc(-c2ccccc2)c(Br)c1. The van der Waals surface area contributed by atoms with Gasteiger partial charge in [0.05, 0.1) is 11.9 Å². The summed E-state index contributed by atoms with van der Waals surface area (Å²) in [4.78, 5) is 11.1. The van der Waals surface area contributed by atoms with Crippen LogP contribution in [0.25, 0.3) is 16.8 Å². The van der Waals surface area contributed by atoms with Gasteiger partial charge in [-0.1, -0.05) is 57.5 Å². The van der Waals surface area contributed by atoms with Gasteiger partial charge in [0, 0.05) is 4.47 Å². The van der Waals surface area contributed by atoms with Crippen molar-refractivity contribution >= 4 is 21.9 Å². The Labute approximate surface area is 129 Å². The fourth-order valence-corrected chi connectivity index (χ4v) is 2.65. The number of carbonyl (C=O) groups is 1. The van der Waals surface area contributed by atoms with Crippen LogP contribution < -0.4 is 0 Å². The van der Waals surface area contributed by atoms with Crippen LogP contribution in [0.1, 0.15) is 10.5 Å². The van der Waals surface area contributed by atoms with E-state index in [2.05, 4.69) is 26.2 Å². The number of aromatic carboxylic acids is 1. The summed E-state index contributed by atoms with van der Waals surface area (Å²) in [6.07, 6.45) is 1.22. The van der Waals surface area contributed by atoms with Gasteiger partial charge in [-0.3, -0.25) is 0 Å². The van der Waals surface area contributed by atoms with E-state index in [-0.39, 0.29) is 5.69 Å². The fourth-order valence-electron chi connectivity index (χ4n) is 2.06. The monoisotopic (exact) mass is 343 g/mol. The van der Waals surface area contributed by atoms with Crippen LogP contribution in [-0.2, 0) is 0 Å². The molecule has 0 saturated heterocycles. The smallest absolute Gasteiger partial charge is 0.356 e. The Morgan fingerprint density at radius 1 is 1.14 bits per heavy atom. The Balaban J connectivity index is 2.06. The molecule has 0 saturated carbocycles. The fraction of sp³-hybridized carbons (Fsp3) is 0. The molecule has 21 heavy (non-hydrogen) atoms. The maximum atomic E-state index is 11.1. The van der Waals surface area contributed by atoms with E-state index in [1.807, 2.05) is 48.5 Å². The maximum absolute atomic E-state index is 11.1. The van der Waals surface area contributed by atoms with Gasteiger partial charge in [-0.25, -0.2) is 9.48 Å². The van der Waals surface area contributed by atoms with Gasteiger partial charge in [-0.15, -0.1) is 5.10 Å². The minimum absolute atomic E-state index is 0.0226. The van der Waals surface area contributed by atoms with Gasteiger partial charge in [0.1, 0.15) is 0 Å². The molecule has 3 rings (SSSR count). The number of aromatic nitrogens is 3. The zero-order valence-corrected chi connectivity index (χ0v) is 12.4. The molecule has 1 aromatic heterocycles. The Morgan fingerprint density at radius 3 is 2.57 bits per heavy atom. The number of hydrogen-bond acceptors (Lipinski definition) is 3. The molecule has 0 unspecified atom stereocenters. The third-order valence-electron chi connectivity index (χ3n) is 3.05. The lowest BCUT2D eigenvalue weighted by Gasteiger charge is -2.08. The highest BCUT2D eigenvalue weighted by Gasteiger charge is 2.14. The lowest BCUT2D eigenvalue weighted by Crippen LogP contribution is -2.07. The standard InChI is InChI=1S/C15H10BrN3O2/c16-13-8-11(19-14(15(20)21)9-17-18-19)6-7-12(13)10-4-2-1-3-5-10/h1-9H,(H,20,21). The molecule has 0 fully saturated rings. The van der Waals surface area contributed by atoms with Gasteiger partial charge in [-0.05, 0) is 23.3 Å². The quantitative estimate of drug-likeness (QED) is 0.791. The van der Waals surface area contributed by atoms with Crippen molar-refractivity contribution in [1.29, 1.82) is 0 Å². The highest BCUT2D eigenvalue weighted by atomic mass is 79.9.